The Morgan fingerprint density at radius 3 is 2.40 bits per heavy atom. The smallest absolute Gasteiger partial charge is 0.137 e. The van der Waals surface area contributed by atoms with Gasteiger partial charge in [0.2, 0.25) is 0 Å². The molecule has 0 spiro atoms. The van der Waals surface area contributed by atoms with E-state index in [0.717, 1.165) is 31.0 Å². The van der Waals surface area contributed by atoms with E-state index in [1.807, 2.05) is 12.3 Å². The van der Waals surface area contributed by atoms with Crippen molar-refractivity contribution < 1.29 is 4.74 Å². The molecule has 1 aromatic heterocycles. The standard InChI is InChI=1S/C17H30N2O/c1-13(2)14(3)18-10-7-11-20-15-8-9-16(19-12-15)17(4,5)6/h8-9,12-14,18H,7,10-11H2,1-6H3/t14-/m0/s1. The summed E-state index contributed by atoms with van der Waals surface area (Å²) in [6.45, 7) is 14.9. The van der Waals surface area contributed by atoms with E-state index in [2.05, 4.69) is 57.9 Å². The maximum atomic E-state index is 5.71. The van der Waals surface area contributed by atoms with Crippen LogP contribution < -0.4 is 10.1 Å². The van der Waals surface area contributed by atoms with Crippen molar-refractivity contribution in [3.05, 3.63) is 24.0 Å². The highest BCUT2D eigenvalue weighted by Crippen LogP contribution is 2.21. The average molecular weight is 278 g/mol. The molecule has 0 bridgehead atoms. The predicted molar refractivity (Wildman–Crippen MR) is 85.4 cm³/mol. The predicted octanol–water partition coefficient (Wildman–Crippen LogP) is 3.78. The van der Waals surface area contributed by atoms with Gasteiger partial charge in [-0.3, -0.25) is 4.98 Å². The third kappa shape index (κ3) is 5.91. The van der Waals surface area contributed by atoms with E-state index in [1.54, 1.807) is 0 Å². The molecule has 1 heterocycles. The van der Waals surface area contributed by atoms with Crippen LogP contribution >= 0.6 is 0 Å². The molecule has 0 amide bonds. The summed E-state index contributed by atoms with van der Waals surface area (Å²) in [6, 6.07) is 4.62. The molecule has 0 aliphatic rings. The van der Waals surface area contributed by atoms with Crippen LogP contribution in [0.5, 0.6) is 5.75 Å². The molecular weight excluding hydrogens is 248 g/mol. The summed E-state index contributed by atoms with van der Waals surface area (Å²) in [5, 5.41) is 3.50. The van der Waals surface area contributed by atoms with Gasteiger partial charge >= 0.3 is 0 Å². The number of hydrogen-bond donors (Lipinski definition) is 1. The summed E-state index contributed by atoms with van der Waals surface area (Å²) < 4.78 is 5.71. The van der Waals surface area contributed by atoms with Gasteiger partial charge in [0.15, 0.2) is 0 Å². The first kappa shape index (κ1) is 17.0. The van der Waals surface area contributed by atoms with Gasteiger partial charge in [0.25, 0.3) is 0 Å². The highest BCUT2D eigenvalue weighted by atomic mass is 16.5. The van der Waals surface area contributed by atoms with Crippen molar-refractivity contribution in [2.24, 2.45) is 5.92 Å². The van der Waals surface area contributed by atoms with Crippen LogP contribution in [0.3, 0.4) is 0 Å². The van der Waals surface area contributed by atoms with E-state index in [9.17, 15) is 0 Å². The molecule has 114 valence electrons. The molecule has 0 saturated heterocycles. The number of rotatable bonds is 7. The van der Waals surface area contributed by atoms with Crippen LogP contribution in [0.1, 0.15) is 53.7 Å². The first-order valence-electron chi connectivity index (χ1n) is 7.63. The van der Waals surface area contributed by atoms with Gasteiger partial charge in [0.1, 0.15) is 5.75 Å². The molecule has 1 aromatic rings. The topological polar surface area (TPSA) is 34.1 Å². The second-order valence-electron chi connectivity index (χ2n) is 6.82. The number of nitrogens with one attached hydrogen (secondary N) is 1. The molecule has 0 fully saturated rings. The summed E-state index contributed by atoms with van der Waals surface area (Å²) >= 11 is 0. The molecule has 0 unspecified atom stereocenters. The highest BCUT2D eigenvalue weighted by molar-refractivity contribution is 5.23. The Hall–Kier alpha value is -1.09. The van der Waals surface area contributed by atoms with Crippen molar-refractivity contribution >= 4 is 0 Å². The Balaban J connectivity index is 2.26. The van der Waals surface area contributed by atoms with Gasteiger partial charge in [0.05, 0.1) is 12.8 Å². The van der Waals surface area contributed by atoms with E-state index in [1.165, 1.54) is 0 Å². The summed E-state index contributed by atoms with van der Waals surface area (Å²) in [7, 11) is 0. The van der Waals surface area contributed by atoms with Crippen LogP contribution in [0.4, 0.5) is 0 Å². The van der Waals surface area contributed by atoms with Crippen LogP contribution in [-0.4, -0.2) is 24.2 Å². The van der Waals surface area contributed by atoms with Crippen molar-refractivity contribution in [2.75, 3.05) is 13.2 Å². The number of hydrogen-bond acceptors (Lipinski definition) is 3. The second kappa shape index (κ2) is 7.63. The van der Waals surface area contributed by atoms with Crippen molar-refractivity contribution in [2.45, 2.75) is 59.4 Å². The summed E-state index contributed by atoms with van der Waals surface area (Å²) in [5.74, 6) is 1.53. The maximum Gasteiger partial charge on any atom is 0.137 e. The lowest BCUT2D eigenvalue weighted by Gasteiger charge is -2.18. The quantitative estimate of drug-likeness (QED) is 0.771. The zero-order valence-electron chi connectivity index (χ0n) is 13.9. The van der Waals surface area contributed by atoms with Crippen molar-refractivity contribution in [3.8, 4) is 5.75 Å². The Kier molecular flexibility index (Phi) is 6.47. The highest BCUT2D eigenvalue weighted by Gasteiger charge is 2.14. The van der Waals surface area contributed by atoms with Crippen LogP contribution in [0.25, 0.3) is 0 Å². The summed E-state index contributed by atoms with van der Waals surface area (Å²) in [5.41, 5.74) is 1.19. The number of nitrogens with zero attached hydrogens (tertiary/aromatic N) is 1. The zero-order valence-corrected chi connectivity index (χ0v) is 13.9. The zero-order chi connectivity index (χ0) is 15.2. The Morgan fingerprint density at radius 1 is 1.20 bits per heavy atom. The lowest BCUT2D eigenvalue weighted by molar-refractivity contribution is 0.299. The van der Waals surface area contributed by atoms with E-state index in [-0.39, 0.29) is 5.41 Å². The van der Waals surface area contributed by atoms with Gasteiger partial charge in [-0.15, -0.1) is 0 Å². The SMILES string of the molecule is CC(C)[C@H](C)NCCCOc1ccc(C(C)(C)C)nc1. The fourth-order valence-electron chi connectivity index (χ4n) is 1.74. The third-order valence-corrected chi connectivity index (χ3v) is 3.56. The fraction of sp³-hybridized carbons (Fsp3) is 0.706. The van der Waals surface area contributed by atoms with Crippen LogP contribution in [0, 0.1) is 5.92 Å². The van der Waals surface area contributed by atoms with Gasteiger partial charge in [-0.1, -0.05) is 34.6 Å². The minimum absolute atomic E-state index is 0.0927. The van der Waals surface area contributed by atoms with Gasteiger partial charge < -0.3 is 10.1 Å². The van der Waals surface area contributed by atoms with E-state index >= 15 is 0 Å². The maximum absolute atomic E-state index is 5.71. The molecule has 0 aliphatic carbocycles. The largest absolute Gasteiger partial charge is 0.492 e. The number of pyridine rings is 1. The van der Waals surface area contributed by atoms with Crippen molar-refractivity contribution in [1.29, 1.82) is 0 Å². The molecule has 20 heavy (non-hydrogen) atoms. The van der Waals surface area contributed by atoms with Gasteiger partial charge in [-0.25, -0.2) is 0 Å². The molecule has 1 atom stereocenters. The monoisotopic (exact) mass is 278 g/mol. The third-order valence-electron chi connectivity index (χ3n) is 3.56. The molecule has 0 aromatic carbocycles. The van der Waals surface area contributed by atoms with Gasteiger partial charge in [-0.2, -0.15) is 0 Å². The molecule has 0 aliphatic heterocycles. The number of aromatic nitrogens is 1. The summed E-state index contributed by atoms with van der Waals surface area (Å²) in [4.78, 5) is 4.46. The van der Waals surface area contributed by atoms with Crippen LogP contribution in [0.2, 0.25) is 0 Å². The van der Waals surface area contributed by atoms with E-state index in [4.69, 9.17) is 4.74 Å². The van der Waals surface area contributed by atoms with Crippen molar-refractivity contribution in [1.82, 2.24) is 10.3 Å². The molecular formula is C17H30N2O. The minimum atomic E-state index is 0.0927. The molecule has 0 saturated carbocycles. The van der Waals surface area contributed by atoms with Gasteiger partial charge in [0, 0.05) is 17.2 Å². The molecule has 3 heteroatoms. The molecule has 1 N–H and O–H groups in total. The molecule has 0 radical (unpaired) electrons. The molecule has 1 rings (SSSR count). The van der Waals surface area contributed by atoms with Crippen LogP contribution in [0.15, 0.2) is 18.3 Å². The lowest BCUT2D eigenvalue weighted by atomic mass is 9.92. The van der Waals surface area contributed by atoms with E-state index < -0.39 is 0 Å². The average Bonchev–Trinajstić information content (AvgIpc) is 2.37. The first-order valence-corrected chi connectivity index (χ1v) is 7.63. The fourth-order valence-corrected chi connectivity index (χ4v) is 1.74. The summed E-state index contributed by atoms with van der Waals surface area (Å²) in [6.07, 6.45) is 2.84. The van der Waals surface area contributed by atoms with Crippen molar-refractivity contribution in [3.63, 3.8) is 0 Å². The van der Waals surface area contributed by atoms with Crippen LogP contribution in [-0.2, 0) is 5.41 Å². The Bertz CT molecular complexity index is 379. The lowest BCUT2D eigenvalue weighted by Crippen LogP contribution is -2.32. The van der Waals surface area contributed by atoms with E-state index in [0.29, 0.717) is 12.0 Å². The Labute approximate surface area is 124 Å². The number of ether oxygens (including phenoxy) is 1. The second-order valence-corrected chi connectivity index (χ2v) is 6.82. The Morgan fingerprint density at radius 2 is 1.90 bits per heavy atom. The normalized spacial score (nSPS) is 13.6. The molecule has 3 nitrogen and oxygen atoms in total. The first-order chi connectivity index (χ1) is 9.30. The van der Waals surface area contributed by atoms with Gasteiger partial charge in [-0.05, 0) is 37.9 Å². The minimum Gasteiger partial charge on any atom is -0.492 e.